The predicted molar refractivity (Wildman–Crippen MR) is 82.3 cm³/mol. The molecule has 3 atom stereocenters. The molecule has 3 unspecified atom stereocenters. The highest BCUT2D eigenvalue weighted by atomic mass is 79.9. The Bertz CT molecular complexity index is 415. The van der Waals surface area contributed by atoms with Gasteiger partial charge in [-0.25, -0.2) is 0 Å². The topological polar surface area (TPSA) is 12.0 Å². The molecule has 0 saturated heterocycles. The summed E-state index contributed by atoms with van der Waals surface area (Å²) in [6, 6.07) is 3.72. The van der Waals surface area contributed by atoms with Crippen LogP contribution < -0.4 is 5.32 Å². The molecule has 100 valence electrons. The summed E-state index contributed by atoms with van der Waals surface area (Å²) in [5.41, 5.74) is 1.58. The minimum absolute atomic E-state index is 0.617. The lowest BCUT2D eigenvalue weighted by molar-refractivity contribution is 0.272. The summed E-state index contributed by atoms with van der Waals surface area (Å²) in [5, 5.41) is 3.94. The van der Waals surface area contributed by atoms with E-state index in [0.29, 0.717) is 6.04 Å². The molecule has 0 bridgehead atoms. The molecule has 1 fully saturated rings. The van der Waals surface area contributed by atoms with Gasteiger partial charge in [0.15, 0.2) is 0 Å². The quantitative estimate of drug-likeness (QED) is 0.800. The van der Waals surface area contributed by atoms with Gasteiger partial charge in [0.2, 0.25) is 0 Å². The van der Waals surface area contributed by atoms with Crippen LogP contribution in [0.25, 0.3) is 0 Å². The van der Waals surface area contributed by atoms with E-state index in [1.54, 1.807) is 10.4 Å². The van der Waals surface area contributed by atoms with Crippen molar-refractivity contribution in [2.45, 2.75) is 64.0 Å². The fourth-order valence-electron chi connectivity index (χ4n) is 3.56. The number of hydrogen-bond donors (Lipinski definition) is 1. The smallest absolute Gasteiger partial charge is 0.0704 e. The molecular formula is C15H22BrNS. The van der Waals surface area contributed by atoms with E-state index in [-0.39, 0.29) is 0 Å². The molecule has 1 aromatic heterocycles. The second kappa shape index (κ2) is 5.64. The summed E-state index contributed by atoms with van der Waals surface area (Å²) in [6.07, 6.45) is 9.54. The van der Waals surface area contributed by atoms with E-state index in [1.165, 1.54) is 48.7 Å². The maximum absolute atomic E-state index is 3.94. The molecule has 3 heteroatoms. The lowest BCUT2D eigenvalue weighted by atomic mass is 9.85. The van der Waals surface area contributed by atoms with Crippen molar-refractivity contribution >= 4 is 27.3 Å². The summed E-state index contributed by atoms with van der Waals surface area (Å²) >= 11 is 5.58. The molecule has 1 saturated carbocycles. The van der Waals surface area contributed by atoms with Crippen LogP contribution in [0.5, 0.6) is 0 Å². The average molecular weight is 328 g/mol. The van der Waals surface area contributed by atoms with Crippen LogP contribution in [0, 0.1) is 5.92 Å². The van der Waals surface area contributed by atoms with E-state index in [1.807, 2.05) is 11.3 Å². The monoisotopic (exact) mass is 327 g/mol. The first kappa shape index (κ1) is 13.1. The summed E-state index contributed by atoms with van der Waals surface area (Å²) in [6.45, 7) is 2.40. The summed E-state index contributed by atoms with van der Waals surface area (Å²) in [4.78, 5) is 1.61. The zero-order valence-electron chi connectivity index (χ0n) is 11.0. The number of rotatable bonds is 2. The second-order valence-electron chi connectivity index (χ2n) is 6.01. The molecule has 0 spiro atoms. The number of hydrogen-bond acceptors (Lipinski definition) is 2. The van der Waals surface area contributed by atoms with Crippen LogP contribution in [0.2, 0.25) is 0 Å². The van der Waals surface area contributed by atoms with Crippen LogP contribution in [-0.4, -0.2) is 6.04 Å². The number of halogens is 1. The van der Waals surface area contributed by atoms with Crippen molar-refractivity contribution in [3.63, 3.8) is 0 Å². The minimum Gasteiger partial charge on any atom is -0.307 e. The molecular weight excluding hydrogens is 306 g/mol. The third-order valence-corrected chi connectivity index (χ3v) is 6.17. The number of aryl methyl sites for hydroxylation is 1. The van der Waals surface area contributed by atoms with Gasteiger partial charge in [-0.1, -0.05) is 19.8 Å². The van der Waals surface area contributed by atoms with Crippen LogP contribution in [-0.2, 0) is 6.42 Å². The van der Waals surface area contributed by atoms with E-state index in [0.717, 1.165) is 12.0 Å². The van der Waals surface area contributed by atoms with E-state index in [4.69, 9.17) is 0 Å². The second-order valence-corrected chi connectivity index (χ2v) is 8.53. The Kier molecular flexibility index (Phi) is 4.12. The van der Waals surface area contributed by atoms with Crippen LogP contribution in [0.3, 0.4) is 0 Å². The highest BCUT2D eigenvalue weighted by molar-refractivity contribution is 9.11. The van der Waals surface area contributed by atoms with E-state index in [9.17, 15) is 0 Å². The van der Waals surface area contributed by atoms with Gasteiger partial charge in [0, 0.05) is 17.0 Å². The van der Waals surface area contributed by atoms with Gasteiger partial charge in [-0.3, -0.25) is 0 Å². The van der Waals surface area contributed by atoms with Gasteiger partial charge in [-0.2, -0.15) is 0 Å². The predicted octanol–water partition coefficient (Wildman–Crippen LogP) is 5.06. The zero-order valence-corrected chi connectivity index (χ0v) is 13.4. The van der Waals surface area contributed by atoms with Crippen molar-refractivity contribution in [3.8, 4) is 0 Å². The zero-order chi connectivity index (χ0) is 12.5. The van der Waals surface area contributed by atoms with Crippen molar-refractivity contribution in [1.29, 1.82) is 0 Å². The Balaban J connectivity index is 1.70. The molecule has 18 heavy (non-hydrogen) atoms. The Labute approximate surface area is 122 Å². The maximum Gasteiger partial charge on any atom is 0.0704 e. The Morgan fingerprint density at radius 2 is 2.17 bits per heavy atom. The first-order valence-corrected chi connectivity index (χ1v) is 8.87. The van der Waals surface area contributed by atoms with Gasteiger partial charge in [-0.05, 0) is 65.6 Å². The molecule has 3 rings (SSSR count). The SMILES string of the molecule is CC1CCCC(NC2CCCc3sc(Br)cc32)C1. The number of thiophene rings is 1. The summed E-state index contributed by atoms with van der Waals surface area (Å²) in [7, 11) is 0. The molecule has 1 aromatic rings. The molecule has 2 aliphatic rings. The van der Waals surface area contributed by atoms with E-state index in [2.05, 4.69) is 34.2 Å². The largest absolute Gasteiger partial charge is 0.307 e. The fourth-order valence-corrected chi connectivity index (χ4v) is 5.38. The Hall–Kier alpha value is 0.140. The van der Waals surface area contributed by atoms with Gasteiger partial charge >= 0.3 is 0 Å². The Morgan fingerprint density at radius 1 is 1.28 bits per heavy atom. The van der Waals surface area contributed by atoms with Crippen molar-refractivity contribution < 1.29 is 0 Å². The molecule has 1 N–H and O–H groups in total. The van der Waals surface area contributed by atoms with Crippen LogP contribution in [0.1, 0.15) is 61.9 Å². The van der Waals surface area contributed by atoms with Gasteiger partial charge in [0.25, 0.3) is 0 Å². The molecule has 0 amide bonds. The van der Waals surface area contributed by atoms with Crippen molar-refractivity contribution in [3.05, 3.63) is 20.3 Å². The molecule has 0 aliphatic heterocycles. The third kappa shape index (κ3) is 2.83. The molecule has 1 heterocycles. The van der Waals surface area contributed by atoms with Gasteiger partial charge < -0.3 is 5.32 Å². The van der Waals surface area contributed by atoms with E-state index >= 15 is 0 Å². The maximum atomic E-state index is 3.94. The lowest BCUT2D eigenvalue weighted by Gasteiger charge is -2.33. The standard InChI is InChI=1S/C15H22BrNS/c1-10-4-2-5-11(8-10)17-13-6-3-7-14-12(13)9-15(16)18-14/h9-11,13,17H,2-8H2,1H3. The molecule has 0 radical (unpaired) electrons. The Morgan fingerprint density at radius 3 is 3.00 bits per heavy atom. The van der Waals surface area contributed by atoms with Crippen LogP contribution in [0.4, 0.5) is 0 Å². The van der Waals surface area contributed by atoms with Crippen LogP contribution >= 0.6 is 27.3 Å². The van der Waals surface area contributed by atoms with Crippen molar-refractivity contribution in [2.24, 2.45) is 5.92 Å². The first-order chi connectivity index (χ1) is 8.72. The highest BCUT2D eigenvalue weighted by Gasteiger charge is 2.26. The van der Waals surface area contributed by atoms with E-state index < -0.39 is 0 Å². The van der Waals surface area contributed by atoms with Gasteiger partial charge in [0.05, 0.1) is 3.79 Å². The normalized spacial score (nSPS) is 32.2. The molecule has 0 aromatic carbocycles. The number of nitrogens with one attached hydrogen (secondary N) is 1. The minimum atomic E-state index is 0.617. The third-order valence-electron chi connectivity index (χ3n) is 4.46. The van der Waals surface area contributed by atoms with Crippen molar-refractivity contribution in [1.82, 2.24) is 5.32 Å². The fraction of sp³-hybridized carbons (Fsp3) is 0.733. The van der Waals surface area contributed by atoms with Crippen LogP contribution in [0.15, 0.2) is 9.85 Å². The highest BCUT2D eigenvalue weighted by Crippen LogP contribution is 2.39. The summed E-state index contributed by atoms with van der Waals surface area (Å²) < 4.78 is 1.30. The summed E-state index contributed by atoms with van der Waals surface area (Å²) in [5.74, 6) is 0.911. The molecule has 2 aliphatic carbocycles. The molecule has 1 nitrogen and oxygen atoms in total. The van der Waals surface area contributed by atoms with Gasteiger partial charge in [0.1, 0.15) is 0 Å². The lowest BCUT2D eigenvalue weighted by Crippen LogP contribution is -2.37. The number of fused-ring (bicyclic) bond motifs is 1. The van der Waals surface area contributed by atoms with Gasteiger partial charge in [-0.15, -0.1) is 11.3 Å². The van der Waals surface area contributed by atoms with Crippen molar-refractivity contribution in [2.75, 3.05) is 0 Å². The average Bonchev–Trinajstić information content (AvgIpc) is 2.71. The first-order valence-electron chi connectivity index (χ1n) is 7.26.